The van der Waals surface area contributed by atoms with Crippen molar-refractivity contribution in [3.05, 3.63) is 20.8 Å². The van der Waals surface area contributed by atoms with Crippen LogP contribution in [0.1, 0.15) is 4.88 Å². The second-order valence-corrected chi connectivity index (χ2v) is 5.03. The highest BCUT2D eigenvalue weighted by atomic mass is 79.9. The number of morpholine rings is 1. The number of halogens is 1. The molecule has 0 bridgehead atoms. The van der Waals surface area contributed by atoms with E-state index in [2.05, 4.69) is 32.3 Å². The maximum Gasteiger partial charge on any atom is 0.0594 e. The Bertz CT molecular complexity index is 270. The third-order valence-electron chi connectivity index (χ3n) is 2.10. The van der Waals surface area contributed by atoms with Gasteiger partial charge in [0.25, 0.3) is 0 Å². The first kappa shape index (κ1) is 9.65. The fourth-order valence-electron chi connectivity index (χ4n) is 1.42. The van der Waals surface area contributed by atoms with Crippen LogP contribution in [0.2, 0.25) is 0 Å². The summed E-state index contributed by atoms with van der Waals surface area (Å²) in [6.45, 7) is 4.96. The van der Waals surface area contributed by atoms with Gasteiger partial charge < -0.3 is 4.74 Å². The summed E-state index contributed by atoms with van der Waals surface area (Å²) in [6.07, 6.45) is 0. The van der Waals surface area contributed by atoms with Crippen molar-refractivity contribution in [2.75, 3.05) is 26.3 Å². The van der Waals surface area contributed by atoms with Crippen molar-refractivity contribution in [1.29, 1.82) is 0 Å². The van der Waals surface area contributed by atoms with Crippen LogP contribution in [-0.2, 0) is 11.3 Å². The molecule has 1 fully saturated rings. The number of hydrogen-bond donors (Lipinski definition) is 0. The molecule has 0 N–H and O–H groups in total. The van der Waals surface area contributed by atoms with Crippen molar-refractivity contribution in [1.82, 2.24) is 4.90 Å². The van der Waals surface area contributed by atoms with Crippen LogP contribution < -0.4 is 0 Å². The van der Waals surface area contributed by atoms with E-state index in [1.54, 1.807) is 0 Å². The van der Waals surface area contributed by atoms with Gasteiger partial charge in [-0.1, -0.05) is 0 Å². The van der Waals surface area contributed by atoms with Crippen molar-refractivity contribution < 1.29 is 4.74 Å². The second kappa shape index (κ2) is 4.55. The number of thiophene rings is 1. The van der Waals surface area contributed by atoms with Crippen molar-refractivity contribution in [2.45, 2.75) is 6.54 Å². The molecule has 72 valence electrons. The lowest BCUT2D eigenvalue weighted by Gasteiger charge is -2.25. The summed E-state index contributed by atoms with van der Waals surface area (Å²) < 4.78 is 6.49. The van der Waals surface area contributed by atoms with Gasteiger partial charge in [-0.25, -0.2) is 0 Å². The summed E-state index contributed by atoms with van der Waals surface area (Å²) in [7, 11) is 0. The lowest BCUT2D eigenvalue weighted by Crippen LogP contribution is -2.35. The molecule has 0 amide bonds. The van der Waals surface area contributed by atoms with Gasteiger partial charge in [0, 0.05) is 34.4 Å². The first-order valence-electron chi connectivity index (χ1n) is 4.37. The Morgan fingerprint density at radius 1 is 1.46 bits per heavy atom. The van der Waals surface area contributed by atoms with Gasteiger partial charge in [0.05, 0.1) is 13.2 Å². The van der Waals surface area contributed by atoms with Crippen LogP contribution in [0.4, 0.5) is 0 Å². The minimum absolute atomic E-state index is 0.881. The van der Waals surface area contributed by atoms with Crippen LogP contribution in [-0.4, -0.2) is 31.2 Å². The number of ether oxygens (including phenoxy) is 1. The second-order valence-electron chi connectivity index (χ2n) is 3.12. The molecule has 0 saturated carbocycles. The molecule has 13 heavy (non-hydrogen) atoms. The molecular formula is C9H12BrNOS. The van der Waals surface area contributed by atoms with Crippen molar-refractivity contribution in [2.24, 2.45) is 0 Å². The maximum atomic E-state index is 5.30. The molecule has 0 atom stereocenters. The van der Waals surface area contributed by atoms with E-state index in [-0.39, 0.29) is 0 Å². The smallest absolute Gasteiger partial charge is 0.0594 e. The molecule has 1 aliphatic heterocycles. The average molecular weight is 262 g/mol. The van der Waals surface area contributed by atoms with Crippen molar-refractivity contribution in [3.8, 4) is 0 Å². The van der Waals surface area contributed by atoms with E-state index in [1.165, 1.54) is 9.35 Å². The highest BCUT2D eigenvalue weighted by Gasteiger charge is 2.11. The van der Waals surface area contributed by atoms with Crippen LogP contribution in [0.5, 0.6) is 0 Å². The summed E-state index contributed by atoms with van der Waals surface area (Å²) in [5.74, 6) is 0. The maximum absolute atomic E-state index is 5.30. The van der Waals surface area contributed by atoms with Gasteiger partial charge in [0.15, 0.2) is 0 Å². The van der Waals surface area contributed by atoms with Crippen LogP contribution in [0.15, 0.2) is 15.9 Å². The Kier molecular flexibility index (Phi) is 3.38. The van der Waals surface area contributed by atoms with E-state index in [4.69, 9.17) is 4.74 Å². The molecule has 1 aromatic rings. The van der Waals surface area contributed by atoms with Crippen LogP contribution >= 0.6 is 27.3 Å². The van der Waals surface area contributed by atoms with E-state index in [0.717, 1.165) is 32.8 Å². The summed E-state index contributed by atoms with van der Waals surface area (Å²) in [6, 6.07) is 2.19. The first-order chi connectivity index (χ1) is 6.34. The van der Waals surface area contributed by atoms with Gasteiger partial charge in [0.2, 0.25) is 0 Å². The van der Waals surface area contributed by atoms with E-state index in [1.807, 2.05) is 11.3 Å². The van der Waals surface area contributed by atoms with Crippen molar-refractivity contribution >= 4 is 27.3 Å². The fraction of sp³-hybridized carbons (Fsp3) is 0.556. The molecule has 0 aromatic carbocycles. The molecular weight excluding hydrogens is 250 g/mol. The molecule has 1 aliphatic rings. The molecule has 0 spiro atoms. The van der Waals surface area contributed by atoms with Gasteiger partial charge in [-0.3, -0.25) is 4.90 Å². The summed E-state index contributed by atoms with van der Waals surface area (Å²) >= 11 is 5.28. The highest BCUT2D eigenvalue weighted by molar-refractivity contribution is 9.10. The predicted octanol–water partition coefficient (Wildman–Crippen LogP) is 2.34. The Morgan fingerprint density at radius 2 is 2.23 bits per heavy atom. The van der Waals surface area contributed by atoms with Gasteiger partial charge >= 0.3 is 0 Å². The SMILES string of the molecule is Brc1csc(CN2CCOCC2)c1. The minimum atomic E-state index is 0.881. The minimum Gasteiger partial charge on any atom is -0.379 e. The summed E-state index contributed by atoms with van der Waals surface area (Å²) in [5, 5.41) is 2.13. The third kappa shape index (κ3) is 2.77. The largest absolute Gasteiger partial charge is 0.379 e. The Hall–Kier alpha value is 0.1000. The van der Waals surface area contributed by atoms with Crippen LogP contribution in [0, 0.1) is 0 Å². The monoisotopic (exact) mass is 261 g/mol. The Labute approximate surface area is 90.6 Å². The zero-order valence-electron chi connectivity index (χ0n) is 7.33. The number of rotatable bonds is 2. The quantitative estimate of drug-likeness (QED) is 0.811. The number of nitrogens with zero attached hydrogens (tertiary/aromatic N) is 1. The number of hydrogen-bond acceptors (Lipinski definition) is 3. The molecule has 4 heteroatoms. The van der Waals surface area contributed by atoms with Gasteiger partial charge in [-0.15, -0.1) is 11.3 Å². The van der Waals surface area contributed by atoms with Gasteiger partial charge in [-0.2, -0.15) is 0 Å². The summed E-state index contributed by atoms with van der Waals surface area (Å²) in [5.41, 5.74) is 0. The molecule has 2 heterocycles. The van der Waals surface area contributed by atoms with Gasteiger partial charge in [-0.05, 0) is 22.0 Å². The average Bonchev–Trinajstić information content (AvgIpc) is 2.53. The van der Waals surface area contributed by atoms with E-state index in [0.29, 0.717) is 0 Å². The van der Waals surface area contributed by atoms with Crippen LogP contribution in [0.25, 0.3) is 0 Å². The van der Waals surface area contributed by atoms with E-state index in [9.17, 15) is 0 Å². The molecule has 0 unspecified atom stereocenters. The Morgan fingerprint density at radius 3 is 2.85 bits per heavy atom. The zero-order chi connectivity index (χ0) is 9.10. The molecule has 1 saturated heterocycles. The molecule has 0 aliphatic carbocycles. The van der Waals surface area contributed by atoms with Crippen LogP contribution in [0.3, 0.4) is 0 Å². The zero-order valence-corrected chi connectivity index (χ0v) is 9.73. The lowest BCUT2D eigenvalue weighted by atomic mass is 10.4. The first-order valence-corrected chi connectivity index (χ1v) is 6.05. The normalized spacial score (nSPS) is 19.2. The standard InChI is InChI=1S/C9H12BrNOS/c10-8-5-9(13-7-8)6-11-1-3-12-4-2-11/h5,7H,1-4,6H2. The molecule has 2 rings (SSSR count). The molecule has 2 nitrogen and oxygen atoms in total. The van der Waals surface area contributed by atoms with Crippen molar-refractivity contribution in [3.63, 3.8) is 0 Å². The van der Waals surface area contributed by atoms with Gasteiger partial charge in [0.1, 0.15) is 0 Å². The third-order valence-corrected chi connectivity index (χ3v) is 3.79. The Balaban J connectivity index is 1.89. The topological polar surface area (TPSA) is 12.5 Å². The molecule has 0 radical (unpaired) electrons. The van der Waals surface area contributed by atoms with E-state index < -0.39 is 0 Å². The predicted molar refractivity (Wildman–Crippen MR) is 58.1 cm³/mol. The molecule has 1 aromatic heterocycles. The highest BCUT2D eigenvalue weighted by Crippen LogP contribution is 2.21. The fourth-order valence-corrected chi connectivity index (χ4v) is 2.91. The summed E-state index contributed by atoms with van der Waals surface area (Å²) in [4.78, 5) is 3.86. The van der Waals surface area contributed by atoms with E-state index >= 15 is 0 Å². The lowest BCUT2D eigenvalue weighted by molar-refractivity contribution is 0.0346.